The van der Waals surface area contributed by atoms with Gasteiger partial charge in [-0.25, -0.2) is 24.3 Å². The van der Waals surface area contributed by atoms with Gasteiger partial charge in [-0.3, -0.25) is 4.90 Å². The lowest BCUT2D eigenvalue weighted by Gasteiger charge is -2.33. The van der Waals surface area contributed by atoms with E-state index in [1.165, 1.54) is 11.8 Å². The molecule has 1 aromatic carbocycles. The van der Waals surface area contributed by atoms with Gasteiger partial charge in [-0.1, -0.05) is 13.0 Å². The Kier molecular flexibility index (Phi) is 6.56. The summed E-state index contributed by atoms with van der Waals surface area (Å²) in [6.45, 7) is 11.6. The maximum atomic E-state index is 14.9. The van der Waals surface area contributed by atoms with Gasteiger partial charge in [0.15, 0.2) is 5.82 Å². The second-order valence-electron chi connectivity index (χ2n) is 10.1. The van der Waals surface area contributed by atoms with Crippen LogP contribution in [0.4, 0.5) is 16.2 Å². The molecule has 0 spiro atoms. The topological polar surface area (TPSA) is 75.0 Å². The van der Waals surface area contributed by atoms with Crippen LogP contribution in [0.25, 0.3) is 22.3 Å². The van der Waals surface area contributed by atoms with Crippen LogP contribution >= 0.6 is 0 Å². The highest BCUT2D eigenvalue weighted by Gasteiger charge is 2.19. The molecular formula is C28H33FN8. The number of aromatic nitrogens is 5. The van der Waals surface area contributed by atoms with Crippen molar-refractivity contribution in [1.29, 1.82) is 0 Å². The highest BCUT2D eigenvalue weighted by atomic mass is 19.1. The van der Waals surface area contributed by atoms with Crippen LogP contribution in [-0.4, -0.2) is 67.0 Å². The fraction of sp³-hybridized carbons (Fsp3) is 0.429. The minimum Gasteiger partial charge on any atom is -0.328 e. The highest BCUT2D eigenvalue weighted by molar-refractivity contribution is 5.85. The van der Waals surface area contributed by atoms with Crippen molar-refractivity contribution in [3.8, 4) is 11.3 Å². The molecule has 0 amide bonds. The van der Waals surface area contributed by atoms with Gasteiger partial charge in [0.25, 0.3) is 0 Å². The quantitative estimate of drug-likeness (QED) is 0.416. The van der Waals surface area contributed by atoms with Crippen molar-refractivity contribution in [3.05, 3.63) is 59.4 Å². The number of aryl methyl sites for hydroxylation is 3. The van der Waals surface area contributed by atoms with Gasteiger partial charge in [-0.15, -0.1) is 0 Å². The third-order valence-corrected chi connectivity index (χ3v) is 7.56. The van der Waals surface area contributed by atoms with Crippen LogP contribution in [-0.2, 0) is 19.5 Å². The molecule has 0 unspecified atom stereocenters. The van der Waals surface area contributed by atoms with Crippen molar-refractivity contribution in [2.45, 2.75) is 46.2 Å². The Balaban J connectivity index is 1.20. The average molecular weight is 501 g/mol. The van der Waals surface area contributed by atoms with Crippen LogP contribution in [0, 0.1) is 12.7 Å². The number of likely N-dealkylation sites (N-methyl/N-ethyl adjacent to an activating group) is 1. The summed E-state index contributed by atoms with van der Waals surface area (Å²) in [5.41, 5.74) is 5.24. The van der Waals surface area contributed by atoms with Crippen molar-refractivity contribution in [2.75, 3.05) is 38.0 Å². The molecule has 2 aliphatic heterocycles. The Bertz CT molecular complexity index is 1410. The number of benzene rings is 1. The van der Waals surface area contributed by atoms with E-state index in [-0.39, 0.29) is 5.69 Å². The molecule has 2 aliphatic rings. The number of nitrogens with zero attached hydrogens (tertiary/aromatic N) is 7. The zero-order valence-electron chi connectivity index (χ0n) is 21.5. The minimum absolute atomic E-state index is 0.275. The Morgan fingerprint density at radius 1 is 0.946 bits per heavy atom. The van der Waals surface area contributed by atoms with Gasteiger partial charge in [0, 0.05) is 57.4 Å². The van der Waals surface area contributed by atoms with Gasteiger partial charge in [-0.05, 0) is 55.6 Å². The average Bonchev–Trinajstić information content (AvgIpc) is 3.31. The summed E-state index contributed by atoms with van der Waals surface area (Å²) in [7, 11) is 0. The minimum atomic E-state index is -0.450. The van der Waals surface area contributed by atoms with Crippen molar-refractivity contribution in [2.24, 2.45) is 0 Å². The molecule has 0 saturated carbocycles. The third-order valence-electron chi connectivity index (χ3n) is 7.56. The van der Waals surface area contributed by atoms with Crippen LogP contribution in [0.15, 0.2) is 36.7 Å². The fourth-order valence-corrected chi connectivity index (χ4v) is 5.43. The number of rotatable bonds is 6. The number of nitrogens with one attached hydrogen (secondary N) is 1. The first-order valence-electron chi connectivity index (χ1n) is 13.3. The first kappa shape index (κ1) is 23.9. The lowest BCUT2D eigenvalue weighted by Crippen LogP contribution is -2.45. The van der Waals surface area contributed by atoms with Crippen LogP contribution in [0.5, 0.6) is 0 Å². The number of fused-ring (bicyclic) bond motifs is 3. The molecule has 5 heterocycles. The monoisotopic (exact) mass is 500 g/mol. The molecule has 0 radical (unpaired) electrons. The fourth-order valence-electron chi connectivity index (χ4n) is 5.43. The van der Waals surface area contributed by atoms with Crippen molar-refractivity contribution in [3.63, 3.8) is 0 Å². The molecule has 3 aromatic heterocycles. The number of hydrogen-bond acceptors (Lipinski definition) is 7. The first-order valence-corrected chi connectivity index (χ1v) is 13.3. The lowest BCUT2D eigenvalue weighted by molar-refractivity contribution is 0.132. The van der Waals surface area contributed by atoms with Gasteiger partial charge >= 0.3 is 0 Å². The van der Waals surface area contributed by atoms with E-state index < -0.39 is 5.82 Å². The van der Waals surface area contributed by atoms with Gasteiger partial charge in [0.05, 0.1) is 17.2 Å². The molecule has 37 heavy (non-hydrogen) atoms. The van der Waals surface area contributed by atoms with Crippen LogP contribution in [0.2, 0.25) is 0 Å². The second kappa shape index (κ2) is 10.1. The standard InChI is InChI=1S/C28H33FN8/c1-3-35-10-12-36(13-11-35)18-20-7-8-24(30-16-20)32-28-31-17-22(29)27(34-28)21-14-19(2)26-23(15-21)37-9-5-4-6-25(37)33-26/h7-8,14-17H,3-6,9-13,18H2,1-2H3,(H,30,31,32,34). The lowest BCUT2D eigenvalue weighted by atomic mass is 10.1. The molecule has 6 rings (SSSR count). The SMILES string of the molecule is CCN1CCN(Cc2ccc(Nc3ncc(F)c(-c4cc(C)c5nc6n(c5c4)CCCC6)n3)nc2)CC1. The van der Waals surface area contributed by atoms with Crippen LogP contribution < -0.4 is 5.32 Å². The molecule has 1 N–H and O–H groups in total. The molecule has 1 fully saturated rings. The van der Waals surface area contributed by atoms with Gasteiger partial charge in [0.2, 0.25) is 5.95 Å². The molecule has 0 aliphatic carbocycles. The number of hydrogen-bond donors (Lipinski definition) is 1. The molecule has 4 aromatic rings. The maximum absolute atomic E-state index is 14.9. The number of anilines is 2. The third kappa shape index (κ3) is 4.93. The molecule has 1 saturated heterocycles. The van der Waals surface area contributed by atoms with Gasteiger partial charge < -0.3 is 14.8 Å². The Labute approximate surface area is 216 Å². The van der Waals surface area contributed by atoms with E-state index in [0.717, 1.165) is 93.1 Å². The van der Waals surface area contributed by atoms with E-state index in [1.54, 1.807) is 0 Å². The van der Waals surface area contributed by atoms with Crippen molar-refractivity contribution < 1.29 is 4.39 Å². The highest BCUT2D eigenvalue weighted by Crippen LogP contribution is 2.31. The normalized spacial score (nSPS) is 16.7. The second-order valence-corrected chi connectivity index (χ2v) is 10.1. The number of imidazole rings is 1. The summed E-state index contributed by atoms with van der Waals surface area (Å²) >= 11 is 0. The Morgan fingerprint density at radius 2 is 1.78 bits per heavy atom. The molecule has 192 valence electrons. The van der Waals surface area contributed by atoms with Crippen LogP contribution in [0.3, 0.4) is 0 Å². The van der Waals surface area contributed by atoms with Gasteiger partial charge in [-0.2, -0.15) is 0 Å². The zero-order chi connectivity index (χ0) is 25.4. The molecule has 0 bridgehead atoms. The smallest absolute Gasteiger partial charge is 0.229 e. The van der Waals surface area contributed by atoms with E-state index in [2.05, 4.69) is 47.6 Å². The first-order chi connectivity index (χ1) is 18.1. The summed E-state index contributed by atoms with van der Waals surface area (Å²) in [4.78, 5) is 23.0. The summed E-state index contributed by atoms with van der Waals surface area (Å²) in [6, 6.07) is 7.97. The number of pyridine rings is 1. The number of piperazine rings is 1. The van der Waals surface area contributed by atoms with Crippen molar-refractivity contribution in [1.82, 2.24) is 34.3 Å². The van der Waals surface area contributed by atoms with E-state index in [1.807, 2.05) is 31.3 Å². The van der Waals surface area contributed by atoms with E-state index >= 15 is 0 Å². The maximum Gasteiger partial charge on any atom is 0.229 e. The summed E-state index contributed by atoms with van der Waals surface area (Å²) in [5, 5.41) is 3.14. The van der Waals surface area contributed by atoms with E-state index in [9.17, 15) is 4.39 Å². The molecular weight excluding hydrogens is 467 g/mol. The molecule has 8 nitrogen and oxygen atoms in total. The summed E-state index contributed by atoms with van der Waals surface area (Å²) in [5.74, 6) is 1.62. The predicted molar refractivity (Wildman–Crippen MR) is 143 cm³/mol. The van der Waals surface area contributed by atoms with E-state index in [0.29, 0.717) is 11.8 Å². The van der Waals surface area contributed by atoms with Crippen LogP contribution in [0.1, 0.15) is 36.7 Å². The largest absolute Gasteiger partial charge is 0.328 e. The summed E-state index contributed by atoms with van der Waals surface area (Å²) in [6.07, 6.45) is 6.40. The Morgan fingerprint density at radius 3 is 2.57 bits per heavy atom. The molecule has 9 heteroatoms. The number of halogens is 1. The van der Waals surface area contributed by atoms with E-state index in [4.69, 9.17) is 4.98 Å². The summed E-state index contributed by atoms with van der Waals surface area (Å²) < 4.78 is 17.2. The predicted octanol–water partition coefficient (Wildman–Crippen LogP) is 4.55. The van der Waals surface area contributed by atoms with Crippen molar-refractivity contribution >= 4 is 22.8 Å². The van der Waals surface area contributed by atoms with Gasteiger partial charge in [0.1, 0.15) is 17.3 Å². The zero-order valence-corrected chi connectivity index (χ0v) is 21.5. The Hall–Kier alpha value is -3.43. The molecule has 0 atom stereocenters.